The second kappa shape index (κ2) is 11.0. The molecule has 206 valence electrons. The fourth-order valence-electron chi connectivity index (χ4n) is 5.04. The molecule has 0 radical (unpaired) electrons. The number of carboxylic acids is 1. The molecule has 3 aromatic heterocycles. The summed E-state index contributed by atoms with van der Waals surface area (Å²) in [6, 6.07) is 12.9. The van der Waals surface area contributed by atoms with Crippen LogP contribution in [0.15, 0.2) is 54.0 Å². The van der Waals surface area contributed by atoms with Gasteiger partial charge in [0, 0.05) is 24.6 Å². The lowest BCUT2D eigenvalue weighted by Gasteiger charge is -2.32. The van der Waals surface area contributed by atoms with Crippen LogP contribution in [0.2, 0.25) is 5.02 Å². The number of aromatic carboxylic acids is 1. The number of rotatable bonds is 8. The average molecular weight is 581 g/mol. The summed E-state index contributed by atoms with van der Waals surface area (Å²) in [7, 11) is 0. The van der Waals surface area contributed by atoms with Crippen molar-refractivity contribution in [2.75, 3.05) is 13.1 Å². The monoisotopic (exact) mass is 580 g/mol. The minimum atomic E-state index is -1.39. The number of pyridine rings is 1. The van der Waals surface area contributed by atoms with Crippen molar-refractivity contribution in [1.82, 2.24) is 19.7 Å². The smallest absolute Gasteiger partial charge is 0.342 e. The van der Waals surface area contributed by atoms with Gasteiger partial charge in [0.15, 0.2) is 5.82 Å². The van der Waals surface area contributed by atoms with E-state index in [0.29, 0.717) is 28.3 Å². The number of halogens is 2. The standard InChI is InChI=1S/C29H26ClFN4O4S/c30-22-14-19(17-8-11-34(12-9-17)28(36)18-4-5-18)6-7-24(22)39-16-20-10-13-40-26(20)23-2-1-3-25(33-23)35-27(31)21(15-32-35)29(37)38/h1-3,6-7,10,13-15,17-18H,4-5,8-9,11-12,16H2,(H,37,38). The molecule has 8 nitrogen and oxygen atoms in total. The van der Waals surface area contributed by atoms with Gasteiger partial charge < -0.3 is 14.7 Å². The number of thiophene rings is 1. The second-order valence-electron chi connectivity index (χ2n) is 10.1. The van der Waals surface area contributed by atoms with Gasteiger partial charge in [0.2, 0.25) is 11.9 Å². The Morgan fingerprint density at radius 1 is 1.12 bits per heavy atom. The van der Waals surface area contributed by atoms with Crippen molar-refractivity contribution in [1.29, 1.82) is 0 Å². The Bertz CT molecular complexity index is 1580. The molecular formula is C29H26ClFN4O4S. The molecule has 2 fully saturated rings. The molecule has 1 aliphatic heterocycles. The van der Waals surface area contributed by atoms with E-state index in [1.54, 1.807) is 18.2 Å². The van der Waals surface area contributed by atoms with Crippen molar-refractivity contribution in [2.24, 2.45) is 5.92 Å². The summed E-state index contributed by atoms with van der Waals surface area (Å²) in [5.74, 6) is -0.692. The molecule has 0 atom stereocenters. The van der Waals surface area contributed by atoms with Crippen LogP contribution in [0.1, 0.15) is 53.1 Å². The van der Waals surface area contributed by atoms with Crippen molar-refractivity contribution in [3.63, 3.8) is 0 Å². The lowest BCUT2D eigenvalue weighted by Crippen LogP contribution is -2.38. The Morgan fingerprint density at radius 2 is 1.93 bits per heavy atom. The summed E-state index contributed by atoms with van der Waals surface area (Å²) in [6.07, 6.45) is 4.89. The predicted octanol–water partition coefficient (Wildman–Crippen LogP) is 6.18. The van der Waals surface area contributed by atoms with E-state index < -0.39 is 17.5 Å². The van der Waals surface area contributed by atoms with Crippen LogP contribution < -0.4 is 4.74 Å². The van der Waals surface area contributed by atoms with Crippen molar-refractivity contribution in [2.45, 2.75) is 38.2 Å². The first-order valence-electron chi connectivity index (χ1n) is 13.1. The maximum atomic E-state index is 14.5. The van der Waals surface area contributed by atoms with Crippen molar-refractivity contribution >= 4 is 34.8 Å². The zero-order valence-electron chi connectivity index (χ0n) is 21.4. The Kier molecular flexibility index (Phi) is 7.29. The van der Waals surface area contributed by atoms with Crippen LogP contribution in [0.5, 0.6) is 5.75 Å². The van der Waals surface area contributed by atoms with E-state index in [-0.39, 0.29) is 18.3 Å². The zero-order chi connectivity index (χ0) is 27.8. The molecular weight excluding hydrogens is 555 g/mol. The first kappa shape index (κ1) is 26.5. The third-order valence-corrected chi connectivity index (χ3v) is 8.69. The van der Waals surface area contributed by atoms with Gasteiger partial charge in [-0.15, -0.1) is 11.3 Å². The predicted molar refractivity (Wildman–Crippen MR) is 149 cm³/mol. The van der Waals surface area contributed by atoms with Gasteiger partial charge in [0.1, 0.15) is 17.9 Å². The molecule has 0 bridgehead atoms. The molecule has 1 amide bonds. The summed E-state index contributed by atoms with van der Waals surface area (Å²) in [4.78, 5) is 30.9. The van der Waals surface area contributed by atoms with E-state index in [1.165, 1.54) is 11.3 Å². The van der Waals surface area contributed by atoms with Crippen LogP contribution in [-0.2, 0) is 11.4 Å². The Balaban J connectivity index is 1.12. The molecule has 1 saturated heterocycles. The Hall–Kier alpha value is -3.76. The zero-order valence-corrected chi connectivity index (χ0v) is 23.0. The molecule has 0 unspecified atom stereocenters. The Morgan fingerprint density at radius 3 is 2.62 bits per heavy atom. The molecule has 1 N–H and O–H groups in total. The number of aromatic nitrogens is 3. The number of hydrogen-bond donors (Lipinski definition) is 1. The van der Waals surface area contributed by atoms with Gasteiger partial charge in [-0.2, -0.15) is 14.2 Å². The average Bonchev–Trinajstić information content (AvgIpc) is 3.58. The van der Waals surface area contributed by atoms with Gasteiger partial charge in [-0.25, -0.2) is 9.78 Å². The summed E-state index contributed by atoms with van der Waals surface area (Å²) in [5, 5.41) is 15.4. The van der Waals surface area contributed by atoms with E-state index in [4.69, 9.17) is 21.4 Å². The summed E-state index contributed by atoms with van der Waals surface area (Å²) >= 11 is 8.08. The number of carboxylic acid groups (broad SMARTS) is 1. The summed E-state index contributed by atoms with van der Waals surface area (Å²) in [6.45, 7) is 1.84. The lowest BCUT2D eigenvalue weighted by atomic mass is 9.89. The minimum Gasteiger partial charge on any atom is -0.487 e. The van der Waals surface area contributed by atoms with Crippen LogP contribution in [0, 0.1) is 11.9 Å². The first-order valence-corrected chi connectivity index (χ1v) is 14.4. The number of ether oxygens (including phenoxy) is 1. The number of nitrogens with zero attached hydrogens (tertiary/aromatic N) is 4. The number of benzene rings is 1. The van der Waals surface area contributed by atoms with Gasteiger partial charge in [-0.3, -0.25) is 4.79 Å². The van der Waals surface area contributed by atoms with E-state index in [1.807, 2.05) is 34.5 Å². The Labute approximate surface area is 239 Å². The number of carbonyl (C=O) groups excluding carboxylic acids is 1. The van der Waals surface area contributed by atoms with Crippen LogP contribution in [-0.4, -0.2) is 49.7 Å². The maximum absolute atomic E-state index is 14.5. The maximum Gasteiger partial charge on any atom is 0.342 e. The fraction of sp³-hybridized carbons (Fsp3) is 0.310. The normalized spacial score (nSPS) is 15.8. The lowest BCUT2D eigenvalue weighted by molar-refractivity contribution is -0.133. The van der Waals surface area contributed by atoms with E-state index in [0.717, 1.165) is 65.7 Å². The highest BCUT2D eigenvalue weighted by Gasteiger charge is 2.35. The summed E-state index contributed by atoms with van der Waals surface area (Å²) < 4.78 is 21.5. The quantitative estimate of drug-likeness (QED) is 0.267. The van der Waals surface area contributed by atoms with Gasteiger partial charge >= 0.3 is 5.97 Å². The molecule has 2 aliphatic rings. The van der Waals surface area contributed by atoms with E-state index in [9.17, 15) is 14.0 Å². The highest BCUT2D eigenvalue weighted by Crippen LogP contribution is 2.37. The molecule has 1 saturated carbocycles. The molecule has 40 heavy (non-hydrogen) atoms. The third-order valence-electron chi connectivity index (χ3n) is 7.42. The number of carbonyl (C=O) groups is 2. The molecule has 4 aromatic rings. The fourth-order valence-corrected chi connectivity index (χ4v) is 6.17. The highest BCUT2D eigenvalue weighted by atomic mass is 35.5. The van der Waals surface area contributed by atoms with Crippen molar-refractivity contribution < 1.29 is 23.8 Å². The molecule has 1 aromatic carbocycles. The van der Waals surface area contributed by atoms with Gasteiger partial charge in [-0.1, -0.05) is 23.7 Å². The highest BCUT2D eigenvalue weighted by molar-refractivity contribution is 7.13. The molecule has 11 heteroatoms. The second-order valence-corrected chi connectivity index (χ2v) is 11.4. The van der Waals surface area contributed by atoms with E-state index >= 15 is 0 Å². The van der Waals surface area contributed by atoms with Crippen molar-refractivity contribution in [3.8, 4) is 22.1 Å². The largest absolute Gasteiger partial charge is 0.487 e. The van der Waals surface area contributed by atoms with E-state index in [2.05, 4.69) is 10.1 Å². The van der Waals surface area contributed by atoms with Gasteiger partial charge in [0.25, 0.3) is 0 Å². The van der Waals surface area contributed by atoms with Crippen LogP contribution >= 0.6 is 22.9 Å². The van der Waals surface area contributed by atoms with Crippen LogP contribution in [0.3, 0.4) is 0 Å². The molecule has 1 aliphatic carbocycles. The third kappa shape index (κ3) is 5.33. The van der Waals surface area contributed by atoms with Gasteiger partial charge in [-0.05, 0) is 72.9 Å². The van der Waals surface area contributed by atoms with Crippen LogP contribution in [0.25, 0.3) is 16.4 Å². The molecule has 0 spiro atoms. The number of likely N-dealkylation sites (tertiary alicyclic amines) is 1. The SMILES string of the molecule is O=C(O)c1cnn(-c2cccc(-c3sccc3COc3ccc(C4CCN(C(=O)C5CC5)CC4)cc3Cl)n2)c1F. The van der Waals surface area contributed by atoms with Crippen molar-refractivity contribution in [3.05, 3.63) is 81.7 Å². The summed E-state index contributed by atoms with van der Waals surface area (Å²) in [5.41, 5.74) is 2.11. The molecule has 6 rings (SSSR count). The topological polar surface area (TPSA) is 97.5 Å². The van der Waals surface area contributed by atoms with Crippen LogP contribution in [0.4, 0.5) is 4.39 Å². The minimum absolute atomic E-state index is 0.171. The number of amides is 1. The first-order chi connectivity index (χ1) is 19.4. The number of hydrogen-bond acceptors (Lipinski definition) is 6. The number of piperidine rings is 1. The molecule has 4 heterocycles. The van der Waals surface area contributed by atoms with Gasteiger partial charge in [0.05, 0.1) is 21.8 Å².